The Bertz CT molecular complexity index is 1080. The maximum Gasteiger partial charge on any atom is 0.225 e. The van der Waals surface area contributed by atoms with Gasteiger partial charge in [-0.2, -0.15) is 0 Å². The van der Waals surface area contributed by atoms with Gasteiger partial charge in [0.1, 0.15) is 5.82 Å². The van der Waals surface area contributed by atoms with Gasteiger partial charge in [0.2, 0.25) is 5.91 Å². The molecule has 0 spiro atoms. The molecule has 0 fully saturated rings. The fourth-order valence-corrected chi connectivity index (χ4v) is 3.83. The molecule has 4 rings (SSSR count). The van der Waals surface area contributed by atoms with Crippen molar-refractivity contribution in [2.45, 2.75) is 11.3 Å². The van der Waals surface area contributed by atoms with Gasteiger partial charge in [0.15, 0.2) is 0 Å². The molecule has 0 unspecified atom stereocenters. The molecular weight excluding hydrogens is 390 g/mol. The van der Waals surface area contributed by atoms with Gasteiger partial charge >= 0.3 is 0 Å². The SMILES string of the molecule is O=C(CCSc1ccc(Cl)cc1)Nc1cccc(-c2nc3ccccc3[nH]2)c1. The number of nitrogens with one attached hydrogen (secondary N) is 2. The largest absolute Gasteiger partial charge is 0.338 e. The summed E-state index contributed by atoms with van der Waals surface area (Å²) in [5.74, 6) is 1.48. The zero-order chi connectivity index (χ0) is 19.3. The molecule has 1 heterocycles. The van der Waals surface area contributed by atoms with Crippen LogP contribution < -0.4 is 5.32 Å². The minimum Gasteiger partial charge on any atom is -0.338 e. The zero-order valence-electron chi connectivity index (χ0n) is 15.0. The van der Waals surface area contributed by atoms with Crippen molar-refractivity contribution in [3.05, 3.63) is 77.8 Å². The lowest BCUT2D eigenvalue weighted by molar-refractivity contribution is -0.115. The zero-order valence-corrected chi connectivity index (χ0v) is 16.6. The van der Waals surface area contributed by atoms with E-state index < -0.39 is 0 Å². The molecule has 0 aliphatic carbocycles. The summed E-state index contributed by atoms with van der Waals surface area (Å²) in [6, 6.07) is 23.2. The highest BCUT2D eigenvalue weighted by molar-refractivity contribution is 7.99. The Balaban J connectivity index is 1.37. The van der Waals surface area contributed by atoms with Gasteiger partial charge in [0.25, 0.3) is 0 Å². The van der Waals surface area contributed by atoms with Gasteiger partial charge in [0, 0.05) is 33.3 Å². The molecule has 3 aromatic carbocycles. The van der Waals surface area contributed by atoms with E-state index in [1.807, 2.05) is 72.8 Å². The Morgan fingerprint density at radius 3 is 2.68 bits per heavy atom. The Morgan fingerprint density at radius 2 is 1.86 bits per heavy atom. The monoisotopic (exact) mass is 407 g/mol. The van der Waals surface area contributed by atoms with E-state index in [0.29, 0.717) is 17.2 Å². The van der Waals surface area contributed by atoms with E-state index in [1.165, 1.54) is 0 Å². The number of rotatable bonds is 6. The van der Waals surface area contributed by atoms with E-state index >= 15 is 0 Å². The van der Waals surface area contributed by atoms with E-state index in [9.17, 15) is 4.79 Å². The van der Waals surface area contributed by atoms with Crippen LogP contribution in [0.3, 0.4) is 0 Å². The molecule has 4 nitrogen and oxygen atoms in total. The number of anilines is 1. The first-order valence-electron chi connectivity index (χ1n) is 8.91. The normalized spacial score (nSPS) is 10.9. The summed E-state index contributed by atoms with van der Waals surface area (Å²) in [5, 5.41) is 3.68. The number of hydrogen-bond donors (Lipinski definition) is 2. The van der Waals surface area contributed by atoms with Gasteiger partial charge in [-0.3, -0.25) is 4.79 Å². The topological polar surface area (TPSA) is 57.8 Å². The Hall–Kier alpha value is -2.76. The minimum atomic E-state index is -0.0109. The average Bonchev–Trinajstić information content (AvgIpc) is 3.14. The summed E-state index contributed by atoms with van der Waals surface area (Å²) in [4.78, 5) is 21.3. The number of H-pyrrole nitrogens is 1. The van der Waals surface area contributed by atoms with E-state index in [-0.39, 0.29) is 5.91 Å². The highest BCUT2D eigenvalue weighted by Gasteiger charge is 2.08. The van der Waals surface area contributed by atoms with Crippen LogP contribution in [0.1, 0.15) is 6.42 Å². The van der Waals surface area contributed by atoms with Crippen molar-refractivity contribution < 1.29 is 4.79 Å². The van der Waals surface area contributed by atoms with Gasteiger partial charge < -0.3 is 10.3 Å². The number of imidazole rings is 1. The van der Waals surface area contributed by atoms with Crippen molar-refractivity contribution in [2.24, 2.45) is 0 Å². The molecule has 28 heavy (non-hydrogen) atoms. The quantitative estimate of drug-likeness (QED) is 0.385. The lowest BCUT2D eigenvalue weighted by Gasteiger charge is -2.07. The van der Waals surface area contributed by atoms with Crippen LogP contribution in [0.5, 0.6) is 0 Å². The Morgan fingerprint density at radius 1 is 1.04 bits per heavy atom. The number of aromatic amines is 1. The number of nitrogens with zero attached hydrogens (tertiary/aromatic N) is 1. The summed E-state index contributed by atoms with van der Waals surface area (Å²) >= 11 is 7.52. The van der Waals surface area contributed by atoms with E-state index in [1.54, 1.807) is 11.8 Å². The van der Waals surface area contributed by atoms with Crippen molar-refractivity contribution in [2.75, 3.05) is 11.1 Å². The van der Waals surface area contributed by atoms with Crippen LogP contribution in [0.4, 0.5) is 5.69 Å². The van der Waals surface area contributed by atoms with E-state index in [4.69, 9.17) is 11.6 Å². The molecule has 140 valence electrons. The van der Waals surface area contributed by atoms with Gasteiger partial charge in [-0.15, -0.1) is 11.8 Å². The van der Waals surface area contributed by atoms with Crippen LogP contribution in [0.15, 0.2) is 77.7 Å². The summed E-state index contributed by atoms with van der Waals surface area (Å²) in [7, 11) is 0. The fraction of sp³-hybridized carbons (Fsp3) is 0.0909. The molecule has 0 atom stereocenters. The molecule has 0 aliphatic rings. The lowest BCUT2D eigenvalue weighted by Crippen LogP contribution is -2.12. The predicted octanol–water partition coefficient (Wildman–Crippen LogP) is 6.00. The number of para-hydroxylation sites is 2. The van der Waals surface area contributed by atoms with Crippen LogP contribution in [-0.2, 0) is 4.79 Å². The third kappa shape index (κ3) is 4.55. The van der Waals surface area contributed by atoms with E-state index in [2.05, 4.69) is 15.3 Å². The number of halogens is 1. The van der Waals surface area contributed by atoms with Crippen molar-refractivity contribution >= 4 is 46.0 Å². The second-order valence-electron chi connectivity index (χ2n) is 6.28. The van der Waals surface area contributed by atoms with Crippen LogP contribution in [0, 0.1) is 0 Å². The second kappa shape index (κ2) is 8.50. The number of aromatic nitrogens is 2. The number of hydrogen-bond acceptors (Lipinski definition) is 3. The Kier molecular flexibility index (Phi) is 5.65. The van der Waals surface area contributed by atoms with Crippen molar-refractivity contribution in [3.63, 3.8) is 0 Å². The van der Waals surface area contributed by atoms with Crippen LogP contribution in [-0.4, -0.2) is 21.6 Å². The maximum atomic E-state index is 12.3. The molecule has 6 heteroatoms. The average molecular weight is 408 g/mol. The number of carbonyl (C=O) groups is 1. The van der Waals surface area contributed by atoms with Gasteiger partial charge in [-0.05, 0) is 48.5 Å². The summed E-state index contributed by atoms with van der Waals surface area (Å²) in [6.45, 7) is 0. The standard InChI is InChI=1S/C22H18ClN3OS/c23-16-8-10-18(11-9-16)28-13-12-21(27)24-17-5-3-4-15(14-17)22-25-19-6-1-2-7-20(19)26-22/h1-11,14H,12-13H2,(H,24,27)(H,25,26). The third-order valence-electron chi connectivity index (χ3n) is 4.22. The highest BCUT2D eigenvalue weighted by Crippen LogP contribution is 2.24. The molecule has 0 radical (unpaired) electrons. The summed E-state index contributed by atoms with van der Waals surface area (Å²) in [5.41, 5.74) is 3.61. The first-order valence-corrected chi connectivity index (χ1v) is 10.3. The number of thioether (sulfide) groups is 1. The molecule has 1 aromatic heterocycles. The molecule has 4 aromatic rings. The Labute approximate surface area is 172 Å². The minimum absolute atomic E-state index is 0.0109. The molecule has 0 saturated carbocycles. The van der Waals surface area contributed by atoms with Gasteiger partial charge in [-0.1, -0.05) is 35.9 Å². The maximum absolute atomic E-state index is 12.3. The van der Waals surface area contributed by atoms with Crippen LogP contribution >= 0.6 is 23.4 Å². The van der Waals surface area contributed by atoms with Gasteiger partial charge in [0.05, 0.1) is 11.0 Å². The summed E-state index contributed by atoms with van der Waals surface area (Å²) in [6.07, 6.45) is 0.433. The molecule has 0 saturated heterocycles. The third-order valence-corrected chi connectivity index (χ3v) is 5.49. The number of fused-ring (bicyclic) bond motifs is 1. The van der Waals surface area contributed by atoms with Gasteiger partial charge in [-0.25, -0.2) is 4.98 Å². The number of benzene rings is 3. The smallest absolute Gasteiger partial charge is 0.225 e. The second-order valence-corrected chi connectivity index (χ2v) is 7.89. The fourth-order valence-electron chi connectivity index (χ4n) is 2.85. The van der Waals surface area contributed by atoms with Crippen molar-refractivity contribution in [3.8, 4) is 11.4 Å². The molecule has 1 amide bonds. The van der Waals surface area contributed by atoms with Crippen LogP contribution in [0.2, 0.25) is 5.02 Å². The summed E-state index contributed by atoms with van der Waals surface area (Å²) < 4.78 is 0. The first-order chi connectivity index (χ1) is 13.7. The number of carbonyl (C=O) groups excluding carboxylic acids is 1. The predicted molar refractivity (Wildman–Crippen MR) is 117 cm³/mol. The highest BCUT2D eigenvalue weighted by atomic mass is 35.5. The molecule has 0 bridgehead atoms. The lowest BCUT2D eigenvalue weighted by atomic mass is 10.2. The number of amides is 1. The van der Waals surface area contributed by atoms with Crippen molar-refractivity contribution in [1.82, 2.24) is 9.97 Å². The van der Waals surface area contributed by atoms with E-state index in [0.717, 1.165) is 33.0 Å². The molecular formula is C22H18ClN3OS. The molecule has 0 aliphatic heterocycles. The molecule has 2 N–H and O–H groups in total. The first kappa shape index (κ1) is 18.6. The van der Waals surface area contributed by atoms with Crippen LogP contribution in [0.25, 0.3) is 22.4 Å². The van der Waals surface area contributed by atoms with Crippen molar-refractivity contribution in [1.29, 1.82) is 0 Å².